The Bertz CT molecular complexity index is 614. The number of unbranched alkanes of at least 4 members (excludes halogenated alkanes) is 2. The molecule has 0 heterocycles. The third-order valence-electron chi connectivity index (χ3n) is 3.85. The zero-order valence-electron chi connectivity index (χ0n) is 17.5. The standard InChI is InChI=1S/C21H34O7/c1-5-9-10-14-28-21(24)15-16(22)17(23)19(26-12-7-3)20(27-13-8-4)18(15)25-11-6-2/h22-23H,5-14H2,1-4H3. The minimum absolute atomic E-state index is 0.0264. The number of aromatic hydroxyl groups is 2. The van der Waals surface area contributed by atoms with E-state index in [1.807, 2.05) is 20.8 Å². The molecule has 0 atom stereocenters. The van der Waals surface area contributed by atoms with Gasteiger partial charge in [-0.3, -0.25) is 0 Å². The summed E-state index contributed by atoms with van der Waals surface area (Å²) in [4.78, 5) is 12.6. The number of phenols is 2. The molecule has 2 N–H and O–H groups in total. The molecule has 0 saturated heterocycles. The predicted molar refractivity (Wildman–Crippen MR) is 107 cm³/mol. The lowest BCUT2D eigenvalue weighted by Gasteiger charge is -2.21. The van der Waals surface area contributed by atoms with Crippen molar-refractivity contribution in [3.05, 3.63) is 5.56 Å². The number of benzene rings is 1. The van der Waals surface area contributed by atoms with Crippen molar-refractivity contribution in [2.24, 2.45) is 0 Å². The zero-order valence-corrected chi connectivity index (χ0v) is 17.5. The molecule has 1 rings (SSSR count). The summed E-state index contributed by atoms with van der Waals surface area (Å²) in [7, 11) is 0. The largest absolute Gasteiger partial charge is 0.503 e. The highest BCUT2D eigenvalue weighted by Gasteiger charge is 2.32. The summed E-state index contributed by atoms with van der Waals surface area (Å²) in [6.45, 7) is 8.99. The average Bonchev–Trinajstić information content (AvgIpc) is 2.69. The molecule has 28 heavy (non-hydrogen) atoms. The Hall–Kier alpha value is -2.31. The molecule has 1 aromatic carbocycles. The van der Waals surface area contributed by atoms with Crippen LogP contribution < -0.4 is 14.2 Å². The van der Waals surface area contributed by atoms with Crippen LogP contribution in [0.3, 0.4) is 0 Å². The molecule has 0 unspecified atom stereocenters. The summed E-state index contributed by atoms with van der Waals surface area (Å²) in [5.74, 6) is -1.82. The first-order valence-corrected chi connectivity index (χ1v) is 10.2. The van der Waals surface area contributed by atoms with Crippen LogP contribution in [0.4, 0.5) is 0 Å². The molecule has 0 spiro atoms. The maximum absolute atomic E-state index is 12.6. The Morgan fingerprint density at radius 1 is 0.679 bits per heavy atom. The van der Waals surface area contributed by atoms with Gasteiger partial charge in [0.05, 0.1) is 26.4 Å². The van der Waals surface area contributed by atoms with Gasteiger partial charge in [-0.05, 0) is 25.7 Å². The molecular weight excluding hydrogens is 364 g/mol. The molecule has 7 nitrogen and oxygen atoms in total. The molecule has 0 saturated carbocycles. The molecule has 0 amide bonds. The van der Waals surface area contributed by atoms with E-state index in [1.54, 1.807) is 0 Å². The van der Waals surface area contributed by atoms with E-state index in [1.165, 1.54) is 0 Å². The first kappa shape index (κ1) is 23.7. The van der Waals surface area contributed by atoms with Gasteiger partial charge in [-0.1, -0.05) is 40.5 Å². The van der Waals surface area contributed by atoms with E-state index in [0.29, 0.717) is 39.1 Å². The van der Waals surface area contributed by atoms with Crippen LogP contribution in [0.1, 0.15) is 76.6 Å². The molecule has 0 aliphatic carbocycles. The molecule has 0 radical (unpaired) electrons. The van der Waals surface area contributed by atoms with Crippen LogP contribution in [-0.2, 0) is 4.74 Å². The fraction of sp³-hybridized carbons (Fsp3) is 0.667. The molecule has 0 aliphatic heterocycles. The summed E-state index contributed by atoms with van der Waals surface area (Å²) in [6.07, 6.45) is 4.73. The van der Waals surface area contributed by atoms with Gasteiger partial charge in [0.15, 0.2) is 17.1 Å². The number of carbonyl (C=O) groups is 1. The first-order chi connectivity index (χ1) is 13.5. The van der Waals surface area contributed by atoms with E-state index in [-0.39, 0.29) is 29.4 Å². The molecule has 0 bridgehead atoms. The van der Waals surface area contributed by atoms with Gasteiger partial charge < -0.3 is 29.2 Å². The Balaban J connectivity index is 3.40. The van der Waals surface area contributed by atoms with E-state index in [4.69, 9.17) is 18.9 Å². The van der Waals surface area contributed by atoms with Crippen molar-refractivity contribution in [3.63, 3.8) is 0 Å². The van der Waals surface area contributed by atoms with Crippen LogP contribution in [-0.4, -0.2) is 42.6 Å². The number of esters is 1. The Labute approximate surface area is 167 Å². The van der Waals surface area contributed by atoms with Crippen LogP contribution >= 0.6 is 0 Å². The number of hydrogen-bond donors (Lipinski definition) is 2. The van der Waals surface area contributed by atoms with Crippen LogP contribution in [0, 0.1) is 0 Å². The van der Waals surface area contributed by atoms with Crippen molar-refractivity contribution < 1.29 is 34.0 Å². The van der Waals surface area contributed by atoms with Gasteiger partial charge in [-0.2, -0.15) is 0 Å². The third kappa shape index (κ3) is 6.39. The average molecular weight is 398 g/mol. The second-order valence-corrected chi connectivity index (χ2v) is 6.45. The lowest BCUT2D eigenvalue weighted by molar-refractivity contribution is 0.0487. The van der Waals surface area contributed by atoms with Gasteiger partial charge >= 0.3 is 5.97 Å². The molecule has 1 aromatic rings. The minimum Gasteiger partial charge on any atom is -0.503 e. The second kappa shape index (κ2) is 13.0. The number of rotatable bonds is 14. The smallest absolute Gasteiger partial charge is 0.346 e. The van der Waals surface area contributed by atoms with Gasteiger partial charge in [0.2, 0.25) is 17.2 Å². The summed E-state index contributed by atoms with van der Waals surface area (Å²) < 4.78 is 22.4. The van der Waals surface area contributed by atoms with Crippen molar-refractivity contribution in [3.8, 4) is 28.7 Å². The van der Waals surface area contributed by atoms with Crippen LogP contribution in [0.25, 0.3) is 0 Å². The fourth-order valence-corrected chi connectivity index (χ4v) is 2.45. The Morgan fingerprint density at radius 3 is 1.75 bits per heavy atom. The number of ether oxygens (including phenoxy) is 4. The number of carbonyl (C=O) groups excluding carboxylic acids is 1. The maximum Gasteiger partial charge on any atom is 0.346 e. The minimum atomic E-state index is -0.765. The summed E-state index contributed by atoms with van der Waals surface area (Å²) >= 11 is 0. The molecule has 0 aromatic heterocycles. The Kier molecular flexibility index (Phi) is 11.0. The topological polar surface area (TPSA) is 94.5 Å². The van der Waals surface area contributed by atoms with E-state index in [9.17, 15) is 15.0 Å². The van der Waals surface area contributed by atoms with E-state index >= 15 is 0 Å². The summed E-state index contributed by atoms with van der Waals surface area (Å²) in [5.41, 5.74) is -0.239. The summed E-state index contributed by atoms with van der Waals surface area (Å²) in [5, 5.41) is 21.0. The van der Waals surface area contributed by atoms with Crippen LogP contribution in [0.15, 0.2) is 0 Å². The van der Waals surface area contributed by atoms with Crippen molar-refractivity contribution in [2.75, 3.05) is 26.4 Å². The van der Waals surface area contributed by atoms with Gasteiger partial charge in [-0.25, -0.2) is 4.79 Å². The maximum atomic E-state index is 12.6. The monoisotopic (exact) mass is 398 g/mol. The van der Waals surface area contributed by atoms with Crippen molar-refractivity contribution in [2.45, 2.75) is 66.2 Å². The van der Waals surface area contributed by atoms with Gasteiger partial charge in [0.1, 0.15) is 0 Å². The van der Waals surface area contributed by atoms with Crippen LogP contribution in [0.5, 0.6) is 28.7 Å². The van der Waals surface area contributed by atoms with Crippen molar-refractivity contribution in [1.82, 2.24) is 0 Å². The predicted octanol–water partition coefficient (Wildman–Crippen LogP) is 4.81. The number of phenolic OH excluding ortho intramolecular Hbond substituents is 2. The molecule has 160 valence electrons. The lowest BCUT2D eigenvalue weighted by atomic mass is 10.1. The highest BCUT2D eigenvalue weighted by Crippen LogP contribution is 2.53. The van der Waals surface area contributed by atoms with E-state index in [0.717, 1.165) is 19.3 Å². The molecule has 0 fully saturated rings. The van der Waals surface area contributed by atoms with E-state index < -0.39 is 17.5 Å². The van der Waals surface area contributed by atoms with Gasteiger partial charge in [0.25, 0.3) is 0 Å². The highest BCUT2D eigenvalue weighted by molar-refractivity contribution is 5.99. The quantitative estimate of drug-likeness (QED) is 0.264. The molecule has 0 aliphatic rings. The second-order valence-electron chi connectivity index (χ2n) is 6.45. The third-order valence-corrected chi connectivity index (χ3v) is 3.85. The van der Waals surface area contributed by atoms with Gasteiger partial charge in [0, 0.05) is 0 Å². The molecular formula is C21H34O7. The summed E-state index contributed by atoms with van der Waals surface area (Å²) in [6, 6.07) is 0. The van der Waals surface area contributed by atoms with Crippen molar-refractivity contribution in [1.29, 1.82) is 0 Å². The van der Waals surface area contributed by atoms with Crippen molar-refractivity contribution >= 4 is 5.97 Å². The normalized spacial score (nSPS) is 10.6. The highest BCUT2D eigenvalue weighted by atomic mass is 16.6. The molecule has 7 heteroatoms. The van der Waals surface area contributed by atoms with E-state index in [2.05, 4.69) is 6.92 Å². The Morgan fingerprint density at radius 2 is 1.21 bits per heavy atom. The zero-order chi connectivity index (χ0) is 20.9. The van der Waals surface area contributed by atoms with Crippen LogP contribution in [0.2, 0.25) is 0 Å². The van der Waals surface area contributed by atoms with Gasteiger partial charge in [-0.15, -0.1) is 0 Å². The lowest BCUT2D eigenvalue weighted by Crippen LogP contribution is -2.13. The fourth-order valence-electron chi connectivity index (χ4n) is 2.45. The first-order valence-electron chi connectivity index (χ1n) is 10.2. The number of hydrogen-bond acceptors (Lipinski definition) is 7. The SMILES string of the molecule is CCCCCOC(=O)c1c(O)c(O)c(OCCC)c(OCCC)c1OCCC.